The first kappa shape index (κ1) is 24.9. The van der Waals surface area contributed by atoms with Crippen LogP contribution in [-0.4, -0.2) is 75.0 Å². The summed E-state index contributed by atoms with van der Waals surface area (Å²) in [6.45, 7) is -0.647. The Hall–Kier alpha value is -3.12. The van der Waals surface area contributed by atoms with Crippen LogP contribution in [-0.2, 0) is 19.2 Å². The highest BCUT2D eigenvalue weighted by molar-refractivity contribution is 8.00. The van der Waals surface area contributed by atoms with Crippen LogP contribution in [0.1, 0.15) is 23.2 Å². The van der Waals surface area contributed by atoms with Gasteiger partial charge in [0.15, 0.2) is 5.78 Å². The molecule has 0 aliphatic carbocycles. The number of hydrogen-bond donors (Lipinski definition) is 6. The van der Waals surface area contributed by atoms with Crippen molar-refractivity contribution in [2.45, 2.75) is 24.9 Å². The van der Waals surface area contributed by atoms with E-state index in [1.54, 1.807) is 0 Å². The van der Waals surface area contributed by atoms with Crippen LogP contribution in [0.2, 0.25) is 0 Å². The molecule has 0 unspecified atom stereocenters. The van der Waals surface area contributed by atoms with E-state index in [9.17, 15) is 29.1 Å². The summed E-state index contributed by atoms with van der Waals surface area (Å²) in [5, 5.41) is 31.2. The van der Waals surface area contributed by atoms with Gasteiger partial charge in [0, 0.05) is 17.7 Å². The van der Waals surface area contributed by atoms with Crippen LogP contribution in [0.5, 0.6) is 5.75 Å². The van der Waals surface area contributed by atoms with Crippen LogP contribution in [0, 0.1) is 0 Å². The first-order chi connectivity index (χ1) is 14.1. The van der Waals surface area contributed by atoms with Crippen LogP contribution in [0.4, 0.5) is 0 Å². The van der Waals surface area contributed by atoms with Crippen LogP contribution >= 0.6 is 11.8 Å². The largest absolute Gasteiger partial charge is 0.508 e. The number of aromatic hydroxyl groups is 1. The molecule has 0 radical (unpaired) electrons. The number of hydrogen-bond acceptors (Lipinski definition) is 8. The second kappa shape index (κ2) is 12.4. The number of thioether (sulfide) groups is 1. The van der Waals surface area contributed by atoms with Crippen LogP contribution < -0.4 is 16.4 Å². The summed E-state index contributed by atoms with van der Waals surface area (Å²) < 4.78 is 0. The third-order valence-corrected chi connectivity index (χ3v) is 4.81. The third-order valence-electron chi connectivity index (χ3n) is 3.77. The maximum Gasteiger partial charge on any atom is 0.322 e. The van der Waals surface area contributed by atoms with Gasteiger partial charge in [-0.1, -0.05) is 0 Å². The predicted octanol–water partition coefficient (Wildman–Crippen LogP) is -0.814. The Kier molecular flexibility index (Phi) is 10.3. The Morgan fingerprint density at radius 3 is 2.27 bits per heavy atom. The fourth-order valence-electron chi connectivity index (χ4n) is 2.15. The number of phenols is 1. The molecule has 0 fully saturated rings. The fraction of sp³-hybridized carbons (Fsp3) is 0.389. The lowest BCUT2D eigenvalue weighted by molar-refractivity contribution is -0.139. The zero-order valence-corrected chi connectivity index (χ0v) is 16.7. The second-order valence-corrected chi connectivity index (χ2v) is 7.23. The highest BCUT2D eigenvalue weighted by atomic mass is 32.2. The molecule has 0 saturated carbocycles. The number of nitrogens with one attached hydrogen (secondary N) is 2. The van der Waals surface area contributed by atoms with Gasteiger partial charge in [-0.3, -0.25) is 24.0 Å². The molecule has 0 spiro atoms. The van der Waals surface area contributed by atoms with E-state index in [1.807, 2.05) is 0 Å². The zero-order valence-electron chi connectivity index (χ0n) is 15.9. The molecule has 2 atom stereocenters. The first-order valence-electron chi connectivity index (χ1n) is 8.77. The number of carbonyl (C=O) groups is 5. The van der Waals surface area contributed by atoms with Crippen LogP contribution in [0.15, 0.2) is 24.3 Å². The number of amides is 2. The topological polar surface area (TPSA) is 196 Å². The molecular formula is C18H23N3O8S. The smallest absolute Gasteiger partial charge is 0.322 e. The van der Waals surface area contributed by atoms with Crippen molar-refractivity contribution in [2.75, 3.05) is 18.1 Å². The minimum absolute atomic E-state index is 0.0136. The van der Waals surface area contributed by atoms with Gasteiger partial charge in [-0.15, -0.1) is 0 Å². The van der Waals surface area contributed by atoms with E-state index in [0.717, 1.165) is 11.8 Å². The van der Waals surface area contributed by atoms with E-state index >= 15 is 0 Å². The molecule has 1 rings (SSSR count). The standard InChI is InChI=1S/C18H23N3O8S/c19-12(18(28)29)5-6-15(24)21-13(17(27)20-7-16(25)26)8-30-9-14(23)10-1-3-11(22)4-2-10/h1-4,12-13,22H,5-9,19H2,(H,20,27)(H,21,24)(H,25,26)(H,28,29)/t12-,13-/m1/s1. The molecule has 0 aliphatic heterocycles. The summed E-state index contributed by atoms with van der Waals surface area (Å²) in [7, 11) is 0. The quantitative estimate of drug-likeness (QED) is 0.210. The van der Waals surface area contributed by atoms with Crippen molar-refractivity contribution in [3.05, 3.63) is 29.8 Å². The summed E-state index contributed by atoms with van der Waals surface area (Å²) in [5.74, 6) is -4.20. The number of ketones is 1. The molecular weight excluding hydrogens is 418 g/mol. The van der Waals surface area contributed by atoms with Gasteiger partial charge < -0.3 is 31.7 Å². The van der Waals surface area contributed by atoms with Crippen LogP contribution in [0.3, 0.4) is 0 Å². The average molecular weight is 441 g/mol. The summed E-state index contributed by atoms with van der Waals surface area (Å²) in [6, 6.07) is 3.26. The Bertz CT molecular complexity index is 784. The van der Waals surface area contributed by atoms with Gasteiger partial charge in [0.05, 0.1) is 5.75 Å². The summed E-state index contributed by atoms with van der Waals surface area (Å²) in [5.41, 5.74) is 5.69. The van der Waals surface area contributed by atoms with E-state index in [0.29, 0.717) is 5.56 Å². The van der Waals surface area contributed by atoms with E-state index in [2.05, 4.69) is 10.6 Å². The normalized spacial score (nSPS) is 12.4. The van der Waals surface area contributed by atoms with Gasteiger partial charge in [-0.05, 0) is 30.7 Å². The van der Waals surface area contributed by atoms with E-state index in [1.165, 1.54) is 24.3 Å². The molecule has 0 heterocycles. The van der Waals surface area contributed by atoms with Gasteiger partial charge >= 0.3 is 11.9 Å². The second-order valence-electron chi connectivity index (χ2n) is 6.20. The first-order valence-corrected chi connectivity index (χ1v) is 9.92. The molecule has 0 bridgehead atoms. The summed E-state index contributed by atoms with van der Waals surface area (Å²) in [6.07, 6.45) is -0.385. The highest BCUT2D eigenvalue weighted by Gasteiger charge is 2.23. The van der Waals surface area contributed by atoms with Gasteiger partial charge in [0.2, 0.25) is 11.8 Å². The highest BCUT2D eigenvalue weighted by Crippen LogP contribution is 2.13. The molecule has 164 valence electrons. The van der Waals surface area contributed by atoms with E-state index < -0.39 is 42.4 Å². The Morgan fingerprint density at radius 2 is 1.70 bits per heavy atom. The van der Waals surface area contributed by atoms with Crippen LogP contribution in [0.25, 0.3) is 0 Å². The number of nitrogens with two attached hydrogens (primary N) is 1. The van der Waals surface area contributed by atoms with Crippen molar-refractivity contribution in [3.8, 4) is 5.75 Å². The minimum Gasteiger partial charge on any atom is -0.508 e. The summed E-state index contributed by atoms with van der Waals surface area (Å²) >= 11 is 1.05. The minimum atomic E-state index is -1.27. The Morgan fingerprint density at radius 1 is 1.07 bits per heavy atom. The molecule has 30 heavy (non-hydrogen) atoms. The van der Waals surface area contributed by atoms with Gasteiger partial charge in [0.1, 0.15) is 24.4 Å². The van der Waals surface area contributed by atoms with Gasteiger partial charge in [-0.25, -0.2) is 0 Å². The lowest BCUT2D eigenvalue weighted by Gasteiger charge is -2.18. The molecule has 2 amide bonds. The fourth-order valence-corrected chi connectivity index (χ4v) is 3.09. The third kappa shape index (κ3) is 9.39. The molecule has 0 aliphatic rings. The number of phenolic OH excluding ortho intramolecular Hbond substituents is 1. The molecule has 11 nitrogen and oxygen atoms in total. The van der Waals surface area contributed by atoms with Gasteiger partial charge in [0.25, 0.3) is 0 Å². The lowest BCUT2D eigenvalue weighted by atomic mass is 10.1. The SMILES string of the molecule is N[C@H](CCC(=O)N[C@H](CSCC(=O)c1ccc(O)cc1)C(=O)NCC(=O)O)C(=O)O. The van der Waals surface area contributed by atoms with Crippen molar-refractivity contribution in [1.82, 2.24) is 10.6 Å². The van der Waals surface area contributed by atoms with Gasteiger partial charge in [-0.2, -0.15) is 11.8 Å². The molecule has 0 saturated heterocycles. The number of aliphatic carboxylic acids is 2. The number of carbonyl (C=O) groups excluding carboxylic acids is 3. The van der Waals surface area contributed by atoms with Crippen molar-refractivity contribution >= 4 is 41.3 Å². The van der Waals surface area contributed by atoms with Crippen molar-refractivity contribution in [1.29, 1.82) is 0 Å². The maximum absolute atomic E-state index is 12.2. The summed E-state index contributed by atoms with van der Waals surface area (Å²) in [4.78, 5) is 57.7. The predicted molar refractivity (Wildman–Crippen MR) is 107 cm³/mol. The lowest BCUT2D eigenvalue weighted by Crippen LogP contribution is -2.49. The number of rotatable bonds is 13. The molecule has 1 aromatic rings. The molecule has 1 aromatic carbocycles. The Labute approximate surface area is 176 Å². The maximum atomic E-state index is 12.2. The van der Waals surface area contributed by atoms with Crippen molar-refractivity contribution < 1.29 is 39.3 Å². The average Bonchev–Trinajstić information content (AvgIpc) is 2.69. The van der Waals surface area contributed by atoms with E-state index in [4.69, 9.17) is 15.9 Å². The molecule has 12 heteroatoms. The molecule has 7 N–H and O–H groups in total. The van der Waals surface area contributed by atoms with Crippen molar-refractivity contribution in [3.63, 3.8) is 0 Å². The van der Waals surface area contributed by atoms with E-state index in [-0.39, 0.29) is 35.9 Å². The Balaban J connectivity index is 2.63. The number of carboxylic acids is 2. The molecule has 0 aromatic heterocycles. The number of carboxylic acid groups (broad SMARTS) is 2. The monoisotopic (exact) mass is 441 g/mol. The number of benzene rings is 1. The van der Waals surface area contributed by atoms with Crippen molar-refractivity contribution in [2.24, 2.45) is 5.73 Å². The number of Topliss-reactive ketones (excluding diaryl/α,β-unsaturated/α-hetero) is 1. The zero-order chi connectivity index (χ0) is 22.7.